The van der Waals surface area contributed by atoms with Crippen LogP contribution in [-0.4, -0.2) is 39.5 Å². The zero-order valence-corrected chi connectivity index (χ0v) is 17.9. The Morgan fingerprint density at radius 3 is 2.86 bits per heavy atom. The third-order valence-electron chi connectivity index (χ3n) is 4.76. The largest absolute Gasteiger partial charge is 0.468 e. The summed E-state index contributed by atoms with van der Waals surface area (Å²) in [6.45, 7) is 1.85. The van der Waals surface area contributed by atoms with E-state index in [0.717, 1.165) is 43.0 Å². The molecule has 2 heterocycles. The molecule has 0 saturated heterocycles. The first kappa shape index (κ1) is 21.1. The van der Waals surface area contributed by atoms with Crippen molar-refractivity contribution in [2.45, 2.75) is 50.2 Å². The molecule has 0 aliphatic heterocycles. The van der Waals surface area contributed by atoms with Gasteiger partial charge in [0, 0.05) is 4.88 Å². The number of nitriles is 1. The Kier molecular flexibility index (Phi) is 6.76. The summed E-state index contributed by atoms with van der Waals surface area (Å²) in [5, 5.41) is 21.3. The number of aromatic nitrogens is 3. The van der Waals surface area contributed by atoms with Crippen molar-refractivity contribution in [2.24, 2.45) is 0 Å². The number of methoxy groups -OCH3 is 1. The van der Waals surface area contributed by atoms with E-state index in [4.69, 9.17) is 5.73 Å². The summed E-state index contributed by atoms with van der Waals surface area (Å²) in [5.41, 5.74) is 7.57. The second kappa shape index (κ2) is 9.28. The summed E-state index contributed by atoms with van der Waals surface area (Å²) >= 11 is 2.58. The monoisotopic (exact) mass is 434 g/mol. The molecule has 11 heteroatoms. The zero-order chi connectivity index (χ0) is 21.0. The highest BCUT2D eigenvalue weighted by Crippen LogP contribution is 2.38. The number of anilines is 2. The second-order valence-corrected chi connectivity index (χ2v) is 8.56. The van der Waals surface area contributed by atoms with Gasteiger partial charge in [0.25, 0.3) is 0 Å². The van der Waals surface area contributed by atoms with E-state index in [2.05, 4.69) is 26.3 Å². The highest BCUT2D eigenvalue weighted by molar-refractivity contribution is 7.99. The fraction of sp³-hybridized carbons (Fsp3) is 0.500. The van der Waals surface area contributed by atoms with Gasteiger partial charge in [-0.25, -0.2) is 0 Å². The lowest BCUT2D eigenvalue weighted by atomic mass is 9.96. The maximum Gasteiger partial charge on any atom is 0.316 e. The number of nitrogen functional groups attached to an aromatic ring is 1. The van der Waals surface area contributed by atoms with Crippen LogP contribution in [0.4, 0.5) is 10.9 Å². The van der Waals surface area contributed by atoms with E-state index in [-0.39, 0.29) is 17.6 Å². The van der Waals surface area contributed by atoms with Gasteiger partial charge < -0.3 is 15.8 Å². The lowest BCUT2D eigenvalue weighted by molar-refractivity contribution is -0.137. The van der Waals surface area contributed by atoms with Crippen LogP contribution in [0.25, 0.3) is 0 Å². The SMILES string of the molecule is CCC(C(=O)Nc1sc2c(c1C#N)CCCC2)n1c(N)nnc1SCC(=O)OC. The third-order valence-corrected chi connectivity index (χ3v) is 6.88. The first-order valence-corrected chi connectivity index (χ1v) is 11.1. The van der Waals surface area contributed by atoms with Crippen molar-refractivity contribution in [3.63, 3.8) is 0 Å². The van der Waals surface area contributed by atoms with Crippen LogP contribution in [0, 0.1) is 11.3 Å². The van der Waals surface area contributed by atoms with Crippen LogP contribution in [0.3, 0.4) is 0 Å². The van der Waals surface area contributed by atoms with Gasteiger partial charge in [-0.05, 0) is 37.7 Å². The fourth-order valence-electron chi connectivity index (χ4n) is 3.31. The lowest BCUT2D eigenvalue weighted by Gasteiger charge is -2.18. The van der Waals surface area contributed by atoms with E-state index in [1.807, 2.05) is 6.92 Å². The molecule has 2 aromatic heterocycles. The Morgan fingerprint density at radius 2 is 2.17 bits per heavy atom. The van der Waals surface area contributed by atoms with Gasteiger partial charge in [0.15, 0.2) is 5.16 Å². The summed E-state index contributed by atoms with van der Waals surface area (Å²) in [4.78, 5) is 25.7. The predicted molar refractivity (Wildman–Crippen MR) is 111 cm³/mol. The molecule has 1 aliphatic carbocycles. The number of nitrogens with zero attached hydrogens (tertiary/aromatic N) is 4. The predicted octanol–water partition coefficient (Wildman–Crippen LogP) is 2.53. The molecular weight excluding hydrogens is 412 g/mol. The normalized spacial score (nSPS) is 14.0. The molecule has 0 aromatic carbocycles. The summed E-state index contributed by atoms with van der Waals surface area (Å²) in [6, 6.07) is 1.58. The van der Waals surface area contributed by atoms with E-state index in [9.17, 15) is 14.9 Å². The molecular formula is C18H22N6O3S2. The van der Waals surface area contributed by atoms with E-state index < -0.39 is 12.0 Å². The maximum atomic E-state index is 13.1. The summed E-state index contributed by atoms with van der Waals surface area (Å²) in [5.74, 6) is -0.592. The van der Waals surface area contributed by atoms with Crippen molar-refractivity contribution in [2.75, 3.05) is 23.9 Å². The molecule has 1 aliphatic rings. The molecule has 2 aromatic rings. The molecule has 1 amide bonds. The zero-order valence-electron chi connectivity index (χ0n) is 16.2. The highest BCUT2D eigenvalue weighted by atomic mass is 32.2. The highest BCUT2D eigenvalue weighted by Gasteiger charge is 2.28. The molecule has 0 bridgehead atoms. The standard InChI is InChI=1S/C18H22N6O3S2/c1-3-12(24-17(20)22-23-18(24)28-9-14(25)27-2)15(26)21-16-11(8-19)10-6-4-5-7-13(10)29-16/h12H,3-7,9H2,1-2H3,(H2,20,22)(H,21,26). The quantitative estimate of drug-likeness (QED) is 0.501. The number of nitrogens with one attached hydrogen (secondary N) is 1. The first-order valence-electron chi connectivity index (χ1n) is 9.25. The molecule has 1 atom stereocenters. The van der Waals surface area contributed by atoms with Gasteiger partial charge in [-0.3, -0.25) is 14.2 Å². The number of aryl methyl sites for hydroxylation is 1. The van der Waals surface area contributed by atoms with E-state index in [1.165, 1.54) is 27.9 Å². The van der Waals surface area contributed by atoms with Crippen LogP contribution in [0.5, 0.6) is 0 Å². The number of carbonyl (C=O) groups is 2. The molecule has 154 valence electrons. The number of hydrogen-bond donors (Lipinski definition) is 2. The van der Waals surface area contributed by atoms with Crippen LogP contribution in [0.2, 0.25) is 0 Å². The fourth-order valence-corrected chi connectivity index (χ4v) is 5.38. The van der Waals surface area contributed by atoms with E-state index in [0.29, 0.717) is 22.1 Å². The topological polar surface area (TPSA) is 136 Å². The van der Waals surface area contributed by atoms with E-state index >= 15 is 0 Å². The maximum absolute atomic E-state index is 13.1. The van der Waals surface area contributed by atoms with Crippen LogP contribution < -0.4 is 11.1 Å². The molecule has 3 rings (SSSR count). The molecule has 29 heavy (non-hydrogen) atoms. The number of hydrogen-bond acceptors (Lipinski definition) is 9. The summed E-state index contributed by atoms with van der Waals surface area (Å²) < 4.78 is 6.16. The van der Waals surface area contributed by atoms with Gasteiger partial charge in [-0.1, -0.05) is 18.7 Å². The van der Waals surface area contributed by atoms with Gasteiger partial charge in [0.2, 0.25) is 11.9 Å². The van der Waals surface area contributed by atoms with Gasteiger partial charge in [0.1, 0.15) is 17.1 Å². The number of esters is 1. The molecule has 0 fully saturated rings. The molecule has 0 radical (unpaired) electrons. The number of nitrogens with two attached hydrogens (primary N) is 1. The average Bonchev–Trinajstić information content (AvgIpc) is 3.26. The van der Waals surface area contributed by atoms with Crippen molar-refractivity contribution in [3.8, 4) is 6.07 Å². The Hall–Kier alpha value is -2.58. The Bertz CT molecular complexity index is 962. The van der Waals surface area contributed by atoms with Crippen molar-refractivity contribution >= 4 is 45.9 Å². The van der Waals surface area contributed by atoms with Crippen LogP contribution in [-0.2, 0) is 27.2 Å². The molecule has 0 spiro atoms. The minimum Gasteiger partial charge on any atom is -0.468 e. The van der Waals surface area contributed by atoms with Gasteiger partial charge in [-0.2, -0.15) is 5.26 Å². The van der Waals surface area contributed by atoms with Crippen LogP contribution >= 0.6 is 23.1 Å². The van der Waals surface area contributed by atoms with Gasteiger partial charge in [0.05, 0.1) is 18.4 Å². The lowest BCUT2D eigenvalue weighted by Crippen LogP contribution is -2.27. The number of fused-ring (bicyclic) bond motifs is 1. The smallest absolute Gasteiger partial charge is 0.316 e. The van der Waals surface area contributed by atoms with Crippen molar-refractivity contribution in [1.29, 1.82) is 5.26 Å². The third kappa shape index (κ3) is 4.38. The Labute approximate surface area is 176 Å². The number of amides is 1. The molecule has 0 saturated carbocycles. The average molecular weight is 435 g/mol. The Morgan fingerprint density at radius 1 is 1.41 bits per heavy atom. The van der Waals surface area contributed by atoms with E-state index in [1.54, 1.807) is 0 Å². The van der Waals surface area contributed by atoms with Crippen molar-refractivity contribution in [3.05, 3.63) is 16.0 Å². The minimum atomic E-state index is -0.671. The summed E-state index contributed by atoms with van der Waals surface area (Å²) in [7, 11) is 1.30. The number of thioether (sulfide) groups is 1. The number of thiophene rings is 1. The number of carbonyl (C=O) groups excluding carboxylic acids is 2. The molecule has 3 N–H and O–H groups in total. The first-order chi connectivity index (χ1) is 14.0. The van der Waals surface area contributed by atoms with Crippen LogP contribution in [0.1, 0.15) is 48.2 Å². The van der Waals surface area contributed by atoms with Gasteiger partial charge >= 0.3 is 5.97 Å². The number of ether oxygens (including phenoxy) is 1. The second-order valence-electron chi connectivity index (χ2n) is 6.52. The number of rotatable bonds is 7. The Balaban J connectivity index is 1.84. The van der Waals surface area contributed by atoms with Gasteiger partial charge in [-0.15, -0.1) is 21.5 Å². The minimum absolute atomic E-state index is 0.0307. The van der Waals surface area contributed by atoms with Crippen LogP contribution in [0.15, 0.2) is 5.16 Å². The summed E-state index contributed by atoms with van der Waals surface area (Å²) in [6.07, 6.45) is 4.40. The van der Waals surface area contributed by atoms with Crippen molar-refractivity contribution in [1.82, 2.24) is 14.8 Å². The van der Waals surface area contributed by atoms with Crippen molar-refractivity contribution < 1.29 is 14.3 Å². The molecule has 1 unspecified atom stereocenters. The molecule has 9 nitrogen and oxygen atoms in total.